The number of morpholine rings is 1. The number of hydrogen-bond donors (Lipinski definition) is 1. The molecule has 1 amide bonds. The zero-order valence-corrected chi connectivity index (χ0v) is 13.9. The zero-order chi connectivity index (χ0) is 15.2. The molecule has 1 aliphatic carbocycles. The highest BCUT2D eigenvalue weighted by molar-refractivity contribution is 5.81. The van der Waals surface area contributed by atoms with Crippen LogP contribution in [0.2, 0.25) is 0 Å². The van der Waals surface area contributed by atoms with Crippen molar-refractivity contribution >= 4 is 5.91 Å². The average molecular weight is 296 g/mol. The molecular weight excluding hydrogens is 264 g/mol. The predicted molar refractivity (Wildman–Crippen MR) is 85.2 cm³/mol. The lowest BCUT2D eigenvalue weighted by Gasteiger charge is -2.31. The third-order valence-electron chi connectivity index (χ3n) is 5.14. The first-order valence-electron chi connectivity index (χ1n) is 8.70. The van der Waals surface area contributed by atoms with Crippen molar-refractivity contribution in [2.75, 3.05) is 26.3 Å². The molecule has 0 spiro atoms. The van der Waals surface area contributed by atoms with E-state index < -0.39 is 0 Å². The topological polar surface area (TPSA) is 41.6 Å². The summed E-state index contributed by atoms with van der Waals surface area (Å²) in [6, 6.07) is 0.442. The summed E-state index contributed by atoms with van der Waals surface area (Å²) in [5.74, 6) is 1.89. The lowest BCUT2D eigenvalue weighted by molar-refractivity contribution is -0.137. The summed E-state index contributed by atoms with van der Waals surface area (Å²) in [4.78, 5) is 14.4. The Morgan fingerprint density at radius 2 is 1.81 bits per heavy atom. The van der Waals surface area contributed by atoms with E-state index >= 15 is 0 Å². The standard InChI is InChI=1S/C17H32N2O2/c1-13(2)15-5-4-6-16(8-7-15)18-14(3)17(20)19-9-11-21-12-10-19/h13-16,18H,4-12H2,1-3H3. The van der Waals surface area contributed by atoms with Crippen molar-refractivity contribution < 1.29 is 9.53 Å². The lowest BCUT2D eigenvalue weighted by atomic mass is 9.89. The van der Waals surface area contributed by atoms with Crippen molar-refractivity contribution in [2.45, 2.75) is 65.0 Å². The summed E-state index contributed by atoms with van der Waals surface area (Å²) < 4.78 is 5.32. The number of rotatable bonds is 4. The van der Waals surface area contributed by atoms with Gasteiger partial charge in [0.05, 0.1) is 19.3 Å². The molecule has 2 fully saturated rings. The highest BCUT2D eigenvalue weighted by Crippen LogP contribution is 2.29. The third kappa shape index (κ3) is 4.96. The van der Waals surface area contributed by atoms with Crippen LogP contribution in [0.5, 0.6) is 0 Å². The van der Waals surface area contributed by atoms with E-state index in [1.54, 1.807) is 0 Å². The molecule has 1 aliphatic heterocycles. The van der Waals surface area contributed by atoms with E-state index in [0.29, 0.717) is 19.3 Å². The molecule has 122 valence electrons. The molecule has 0 aromatic carbocycles. The van der Waals surface area contributed by atoms with Gasteiger partial charge in [0.15, 0.2) is 0 Å². The number of carbonyl (C=O) groups excluding carboxylic acids is 1. The van der Waals surface area contributed by atoms with Crippen LogP contribution in [0, 0.1) is 11.8 Å². The minimum atomic E-state index is -0.0660. The van der Waals surface area contributed by atoms with Crippen LogP contribution in [0.4, 0.5) is 0 Å². The third-order valence-corrected chi connectivity index (χ3v) is 5.14. The van der Waals surface area contributed by atoms with Crippen LogP contribution in [0.1, 0.15) is 52.9 Å². The fraction of sp³-hybridized carbons (Fsp3) is 0.941. The van der Waals surface area contributed by atoms with Gasteiger partial charge in [-0.1, -0.05) is 26.7 Å². The van der Waals surface area contributed by atoms with Crippen LogP contribution < -0.4 is 5.32 Å². The average Bonchev–Trinajstić information content (AvgIpc) is 2.73. The van der Waals surface area contributed by atoms with Gasteiger partial charge >= 0.3 is 0 Å². The van der Waals surface area contributed by atoms with Crippen molar-refractivity contribution in [3.05, 3.63) is 0 Å². The quantitative estimate of drug-likeness (QED) is 0.810. The molecule has 0 bridgehead atoms. The van der Waals surface area contributed by atoms with Gasteiger partial charge in [0.1, 0.15) is 0 Å². The summed E-state index contributed by atoms with van der Waals surface area (Å²) >= 11 is 0. The Kier molecular flexibility index (Phi) is 6.49. The normalized spacial score (nSPS) is 29.2. The summed E-state index contributed by atoms with van der Waals surface area (Å²) in [5, 5.41) is 3.58. The molecule has 21 heavy (non-hydrogen) atoms. The molecule has 0 aromatic heterocycles. The Morgan fingerprint density at radius 3 is 2.48 bits per heavy atom. The van der Waals surface area contributed by atoms with Crippen LogP contribution in [0.25, 0.3) is 0 Å². The summed E-state index contributed by atoms with van der Waals surface area (Å²) in [5.41, 5.74) is 0. The summed E-state index contributed by atoms with van der Waals surface area (Å²) in [6.07, 6.45) is 6.36. The van der Waals surface area contributed by atoms with Crippen LogP contribution >= 0.6 is 0 Å². The first-order chi connectivity index (χ1) is 10.1. The number of hydrogen-bond acceptors (Lipinski definition) is 3. The minimum Gasteiger partial charge on any atom is -0.378 e. The number of nitrogens with one attached hydrogen (secondary N) is 1. The van der Waals surface area contributed by atoms with Gasteiger partial charge in [-0.15, -0.1) is 0 Å². The first kappa shape index (κ1) is 16.8. The summed E-state index contributed by atoms with van der Waals surface area (Å²) in [7, 11) is 0. The van der Waals surface area contributed by atoms with Gasteiger partial charge < -0.3 is 15.0 Å². The van der Waals surface area contributed by atoms with E-state index in [1.807, 2.05) is 11.8 Å². The van der Waals surface area contributed by atoms with Crippen LogP contribution in [0.3, 0.4) is 0 Å². The lowest BCUT2D eigenvalue weighted by Crippen LogP contribution is -2.51. The molecule has 1 N–H and O–H groups in total. The number of ether oxygens (including phenoxy) is 1. The zero-order valence-electron chi connectivity index (χ0n) is 13.9. The maximum atomic E-state index is 12.4. The van der Waals surface area contributed by atoms with Crippen LogP contribution in [0.15, 0.2) is 0 Å². The molecule has 4 heteroatoms. The summed E-state index contributed by atoms with van der Waals surface area (Å²) in [6.45, 7) is 9.53. The van der Waals surface area contributed by atoms with Gasteiger partial charge in [-0.2, -0.15) is 0 Å². The monoisotopic (exact) mass is 296 g/mol. The SMILES string of the molecule is CC(NC1CCCC(C(C)C)CC1)C(=O)N1CCOCC1. The predicted octanol–water partition coefficient (Wildman–Crippen LogP) is 2.43. The first-order valence-corrected chi connectivity index (χ1v) is 8.70. The van der Waals surface area contributed by atoms with Crippen LogP contribution in [-0.2, 0) is 9.53 Å². The van der Waals surface area contributed by atoms with E-state index in [0.717, 1.165) is 24.9 Å². The number of nitrogens with zero attached hydrogens (tertiary/aromatic N) is 1. The van der Waals surface area contributed by atoms with Gasteiger partial charge in [-0.05, 0) is 38.0 Å². The van der Waals surface area contributed by atoms with Crippen molar-refractivity contribution in [3.63, 3.8) is 0 Å². The van der Waals surface area contributed by atoms with Gasteiger partial charge in [0.2, 0.25) is 5.91 Å². The molecule has 0 aromatic rings. The molecule has 2 aliphatic rings. The fourth-order valence-electron chi connectivity index (χ4n) is 3.65. The second-order valence-electron chi connectivity index (χ2n) is 7.04. The Morgan fingerprint density at radius 1 is 1.10 bits per heavy atom. The van der Waals surface area contributed by atoms with E-state index in [1.165, 1.54) is 32.1 Å². The Hall–Kier alpha value is -0.610. The fourth-order valence-corrected chi connectivity index (χ4v) is 3.65. The maximum absolute atomic E-state index is 12.4. The van der Waals surface area contributed by atoms with Gasteiger partial charge in [0.25, 0.3) is 0 Å². The molecule has 4 nitrogen and oxygen atoms in total. The molecule has 0 radical (unpaired) electrons. The Bertz CT molecular complexity index is 327. The number of carbonyl (C=O) groups is 1. The molecule has 1 heterocycles. The van der Waals surface area contributed by atoms with E-state index in [9.17, 15) is 4.79 Å². The highest BCUT2D eigenvalue weighted by Gasteiger charge is 2.26. The molecule has 2 rings (SSSR count). The van der Waals surface area contributed by atoms with Gasteiger partial charge in [0, 0.05) is 19.1 Å². The van der Waals surface area contributed by atoms with E-state index in [4.69, 9.17) is 4.74 Å². The second-order valence-corrected chi connectivity index (χ2v) is 7.04. The van der Waals surface area contributed by atoms with Crippen LogP contribution in [-0.4, -0.2) is 49.2 Å². The van der Waals surface area contributed by atoms with Crippen molar-refractivity contribution in [2.24, 2.45) is 11.8 Å². The largest absolute Gasteiger partial charge is 0.378 e. The van der Waals surface area contributed by atoms with Crippen molar-refractivity contribution in [1.29, 1.82) is 0 Å². The van der Waals surface area contributed by atoms with Gasteiger partial charge in [-0.3, -0.25) is 4.79 Å². The smallest absolute Gasteiger partial charge is 0.239 e. The Balaban J connectivity index is 1.78. The van der Waals surface area contributed by atoms with Crippen molar-refractivity contribution in [3.8, 4) is 0 Å². The second kappa shape index (κ2) is 8.14. The maximum Gasteiger partial charge on any atom is 0.239 e. The molecule has 1 saturated carbocycles. The van der Waals surface area contributed by atoms with Gasteiger partial charge in [-0.25, -0.2) is 0 Å². The highest BCUT2D eigenvalue weighted by atomic mass is 16.5. The van der Waals surface area contributed by atoms with E-state index in [-0.39, 0.29) is 11.9 Å². The van der Waals surface area contributed by atoms with E-state index in [2.05, 4.69) is 19.2 Å². The minimum absolute atomic E-state index is 0.0660. The molecule has 1 saturated heterocycles. The molecular formula is C17H32N2O2. The molecule has 3 atom stereocenters. The van der Waals surface area contributed by atoms with Crippen molar-refractivity contribution in [1.82, 2.24) is 10.2 Å². The Labute approximate surface area is 129 Å². The molecule has 3 unspecified atom stereocenters. The number of amides is 1.